The molecule has 0 aromatic heterocycles. The van der Waals surface area contributed by atoms with Crippen molar-refractivity contribution in [2.24, 2.45) is 0 Å². The lowest BCUT2D eigenvalue weighted by molar-refractivity contribution is -0.138. The molecule has 2 aromatic rings. The molecule has 0 bridgehead atoms. The second-order valence-electron chi connectivity index (χ2n) is 7.69. The molecule has 1 saturated heterocycles. The van der Waals surface area contributed by atoms with Crippen molar-refractivity contribution in [3.63, 3.8) is 0 Å². The van der Waals surface area contributed by atoms with E-state index in [2.05, 4.69) is 17.0 Å². The van der Waals surface area contributed by atoms with Crippen molar-refractivity contribution in [2.45, 2.75) is 38.7 Å². The number of piperazine rings is 1. The molecule has 1 aliphatic carbocycles. The first-order chi connectivity index (χ1) is 13.6. The molecule has 1 fully saturated rings. The van der Waals surface area contributed by atoms with Gasteiger partial charge in [-0.3, -0.25) is 4.79 Å². The van der Waals surface area contributed by atoms with Gasteiger partial charge in [-0.25, -0.2) is 4.39 Å². The fourth-order valence-corrected chi connectivity index (χ4v) is 4.13. The first-order valence-corrected chi connectivity index (χ1v) is 10.2. The van der Waals surface area contributed by atoms with E-state index in [1.54, 1.807) is 12.1 Å². The fraction of sp³-hybridized carbons (Fsp3) is 0.435. The van der Waals surface area contributed by atoms with Gasteiger partial charge in [0, 0.05) is 31.9 Å². The van der Waals surface area contributed by atoms with Crippen LogP contribution in [0.4, 0.5) is 10.1 Å². The van der Waals surface area contributed by atoms with Gasteiger partial charge in [-0.1, -0.05) is 6.07 Å². The van der Waals surface area contributed by atoms with E-state index < -0.39 is 6.10 Å². The summed E-state index contributed by atoms with van der Waals surface area (Å²) in [4.78, 5) is 16.9. The van der Waals surface area contributed by atoms with E-state index in [4.69, 9.17) is 4.74 Å². The first kappa shape index (κ1) is 18.8. The van der Waals surface area contributed by atoms with Crippen molar-refractivity contribution in [3.8, 4) is 5.75 Å². The average molecular weight is 382 g/mol. The average Bonchev–Trinajstić information content (AvgIpc) is 2.74. The maximum absolute atomic E-state index is 13.1. The molecule has 28 heavy (non-hydrogen) atoms. The van der Waals surface area contributed by atoms with Crippen molar-refractivity contribution in [2.75, 3.05) is 31.1 Å². The Morgan fingerprint density at radius 1 is 0.964 bits per heavy atom. The summed E-state index contributed by atoms with van der Waals surface area (Å²) in [6, 6.07) is 12.7. The molecule has 1 heterocycles. The molecule has 1 aliphatic heterocycles. The van der Waals surface area contributed by atoms with E-state index >= 15 is 0 Å². The van der Waals surface area contributed by atoms with E-state index in [0.717, 1.165) is 37.4 Å². The Labute approximate surface area is 165 Å². The van der Waals surface area contributed by atoms with Gasteiger partial charge in [0.1, 0.15) is 11.6 Å². The molecule has 0 N–H and O–H groups in total. The zero-order valence-corrected chi connectivity index (χ0v) is 16.4. The monoisotopic (exact) mass is 382 g/mol. The molecule has 0 saturated carbocycles. The number of nitrogens with zero attached hydrogens (tertiary/aromatic N) is 2. The predicted molar refractivity (Wildman–Crippen MR) is 108 cm³/mol. The molecular weight excluding hydrogens is 355 g/mol. The van der Waals surface area contributed by atoms with Crippen LogP contribution < -0.4 is 9.64 Å². The van der Waals surface area contributed by atoms with Gasteiger partial charge in [-0.15, -0.1) is 0 Å². The Balaban J connectivity index is 1.32. The molecular formula is C23H27FN2O2. The second kappa shape index (κ2) is 8.21. The summed E-state index contributed by atoms with van der Waals surface area (Å²) in [5.41, 5.74) is 3.76. The number of fused-ring (bicyclic) bond motifs is 1. The minimum Gasteiger partial charge on any atom is -0.481 e. The summed E-state index contributed by atoms with van der Waals surface area (Å²) in [5.74, 6) is 0.577. The third-order valence-corrected chi connectivity index (χ3v) is 5.76. The number of halogens is 1. The molecule has 0 spiro atoms. The Kier molecular flexibility index (Phi) is 5.51. The Morgan fingerprint density at radius 2 is 1.64 bits per heavy atom. The summed E-state index contributed by atoms with van der Waals surface area (Å²) in [6.45, 7) is 4.60. The maximum Gasteiger partial charge on any atom is 0.263 e. The lowest BCUT2D eigenvalue weighted by Gasteiger charge is -2.37. The number of hydrogen-bond acceptors (Lipinski definition) is 3. The highest BCUT2D eigenvalue weighted by atomic mass is 19.1. The zero-order valence-electron chi connectivity index (χ0n) is 16.4. The lowest BCUT2D eigenvalue weighted by Crippen LogP contribution is -2.52. The Hall–Kier alpha value is -2.56. The quantitative estimate of drug-likeness (QED) is 0.806. The summed E-state index contributed by atoms with van der Waals surface area (Å²) < 4.78 is 19.1. The number of rotatable bonds is 4. The van der Waals surface area contributed by atoms with E-state index in [0.29, 0.717) is 13.1 Å². The number of amides is 1. The summed E-state index contributed by atoms with van der Waals surface area (Å²) in [6.07, 6.45) is 4.22. The van der Waals surface area contributed by atoms with Gasteiger partial charge in [0.2, 0.25) is 0 Å². The van der Waals surface area contributed by atoms with Crippen LogP contribution in [0, 0.1) is 5.82 Å². The molecule has 1 atom stereocenters. The highest BCUT2D eigenvalue weighted by molar-refractivity contribution is 5.81. The smallest absolute Gasteiger partial charge is 0.263 e. The molecule has 5 heteroatoms. The van der Waals surface area contributed by atoms with Crippen LogP contribution in [0.15, 0.2) is 42.5 Å². The lowest BCUT2D eigenvalue weighted by atomic mass is 9.92. The van der Waals surface area contributed by atoms with Gasteiger partial charge in [0.15, 0.2) is 6.10 Å². The Bertz CT molecular complexity index is 829. The SMILES string of the molecule is C[C@H](Oc1ccc2c(c1)CCCC2)C(=O)N1CCN(c2ccc(F)cc2)CC1. The highest BCUT2D eigenvalue weighted by Crippen LogP contribution is 2.26. The van der Waals surface area contributed by atoms with Gasteiger partial charge in [0.25, 0.3) is 5.91 Å². The van der Waals surface area contributed by atoms with Gasteiger partial charge in [-0.2, -0.15) is 0 Å². The van der Waals surface area contributed by atoms with Crippen LogP contribution in [-0.4, -0.2) is 43.1 Å². The fourth-order valence-electron chi connectivity index (χ4n) is 4.13. The van der Waals surface area contributed by atoms with Crippen LogP contribution in [0.2, 0.25) is 0 Å². The minimum atomic E-state index is -0.501. The number of carbonyl (C=O) groups excluding carboxylic acids is 1. The van der Waals surface area contributed by atoms with Gasteiger partial charge in [-0.05, 0) is 80.1 Å². The van der Waals surface area contributed by atoms with Crippen LogP contribution in [0.3, 0.4) is 0 Å². The van der Waals surface area contributed by atoms with E-state index in [1.807, 2.05) is 17.9 Å². The van der Waals surface area contributed by atoms with Crippen LogP contribution in [0.1, 0.15) is 30.9 Å². The molecule has 1 amide bonds. The van der Waals surface area contributed by atoms with Crippen LogP contribution in [0.25, 0.3) is 0 Å². The van der Waals surface area contributed by atoms with Gasteiger partial charge >= 0.3 is 0 Å². The topological polar surface area (TPSA) is 32.8 Å². The Morgan fingerprint density at radius 3 is 2.36 bits per heavy atom. The number of aryl methyl sites for hydroxylation is 2. The third kappa shape index (κ3) is 4.13. The van der Waals surface area contributed by atoms with Crippen molar-refractivity contribution < 1.29 is 13.9 Å². The zero-order chi connectivity index (χ0) is 19.5. The number of hydrogen-bond donors (Lipinski definition) is 0. The molecule has 2 aromatic carbocycles. The van der Waals surface area contributed by atoms with E-state index in [1.165, 1.54) is 36.1 Å². The van der Waals surface area contributed by atoms with E-state index in [9.17, 15) is 9.18 Å². The van der Waals surface area contributed by atoms with Crippen LogP contribution >= 0.6 is 0 Å². The summed E-state index contributed by atoms with van der Waals surface area (Å²) >= 11 is 0. The van der Waals surface area contributed by atoms with Gasteiger partial charge < -0.3 is 14.5 Å². The molecule has 0 unspecified atom stereocenters. The first-order valence-electron chi connectivity index (χ1n) is 10.2. The summed E-state index contributed by atoms with van der Waals surface area (Å²) in [7, 11) is 0. The largest absolute Gasteiger partial charge is 0.481 e. The highest BCUT2D eigenvalue weighted by Gasteiger charge is 2.26. The van der Waals surface area contributed by atoms with E-state index in [-0.39, 0.29) is 11.7 Å². The number of anilines is 1. The normalized spacial score (nSPS) is 17.8. The minimum absolute atomic E-state index is 0.0245. The molecule has 4 rings (SSSR count). The van der Waals surface area contributed by atoms with Crippen molar-refractivity contribution in [1.82, 2.24) is 4.90 Å². The molecule has 0 radical (unpaired) electrons. The maximum atomic E-state index is 13.1. The second-order valence-corrected chi connectivity index (χ2v) is 7.69. The van der Waals surface area contributed by atoms with Gasteiger partial charge in [0.05, 0.1) is 0 Å². The number of carbonyl (C=O) groups is 1. The van der Waals surface area contributed by atoms with Crippen LogP contribution in [0.5, 0.6) is 5.75 Å². The third-order valence-electron chi connectivity index (χ3n) is 5.76. The molecule has 2 aliphatic rings. The van der Waals surface area contributed by atoms with Crippen molar-refractivity contribution in [3.05, 3.63) is 59.4 Å². The van der Waals surface area contributed by atoms with Crippen LogP contribution in [-0.2, 0) is 17.6 Å². The van der Waals surface area contributed by atoms with Crippen molar-refractivity contribution >= 4 is 11.6 Å². The molecule has 4 nitrogen and oxygen atoms in total. The number of ether oxygens (including phenoxy) is 1. The standard InChI is InChI=1S/C23H27FN2O2/c1-17(28-22-11-6-18-4-2-3-5-19(18)16-22)23(27)26-14-12-25(13-15-26)21-9-7-20(24)8-10-21/h6-11,16-17H,2-5,12-15H2,1H3/t17-/m0/s1. The molecule has 148 valence electrons. The predicted octanol–water partition coefficient (Wildman–Crippen LogP) is 3.82. The van der Waals surface area contributed by atoms with Crippen molar-refractivity contribution in [1.29, 1.82) is 0 Å². The number of benzene rings is 2. The summed E-state index contributed by atoms with van der Waals surface area (Å²) in [5, 5.41) is 0.